The molecule has 1 rings (SSSR count). The summed E-state index contributed by atoms with van der Waals surface area (Å²) in [6.07, 6.45) is -0.546. The lowest BCUT2D eigenvalue weighted by molar-refractivity contribution is 0.151. The SMILES string of the molecule is CCOC(=O)N[C@H](Sc1ccc(Cl)cc1)C(Cl)Cl. The molecule has 0 saturated heterocycles. The standard InChI is InChI=1S/C11H12Cl3NO2S/c1-2-17-11(16)15-10(9(13)14)18-8-5-3-7(12)4-6-8/h3-6,9-10H,2H2,1H3,(H,15,16)/t10-/m1/s1. The first-order valence-electron chi connectivity index (χ1n) is 5.16. The van der Waals surface area contributed by atoms with Crippen molar-refractivity contribution < 1.29 is 9.53 Å². The molecule has 0 aromatic heterocycles. The van der Waals surface area contributed by atoms with Crippen molar-refractivity contribution in [1.29, 1.82) is 0 Å². The number of hydrogen-bond acceptors (Lipinski definition) is 3. The highest BCUT2D eigenvalue weighted by Crippen LogP contribution is 2.28. The van der Waals surface area contributed by atoms with Gasteiger partial charge in [0.15, 0.2) is 0 Å². The Morgan fingerprint density at radius 1 is 1.39 bits per heavy atom. The van der Waals surface area contributed by atoms with Crippen LogP contribution in [0.25, 0.3) is 0 Å². The van der Waals surface area contributed by atoms with Gasteiger partial charge >= 0.3 is 6.09 Å². The van der Waals surface area contributed by atoms with Crippen molar-refractivity contribution in [2.45, 2.75) is 22.0 Å². The van der Waals surface area contributed by atoms with Gasteiger partial charge in [0.25, 0.3) is 0 Å². The van der Waals surface area contributed by atoms with Gasteiger partial charge in [0.2, 0.25) is 0 Å². The van der Waals surface area contributed by atoms with E-state index in [0.717, 1.165) is 4.90 Å². The number of halogens is 3. The molecule has 1 aromatic carbocycles. The van der Waals surface area contributed by atoms with Crippen molar-refractivity contribution >= 4 is 52.7 Å². The van der Waals surface area contributed by atoms with E-state index < -0.39 is 16.3 Å². The average molecular weight is 329 g/mol. The minimum Gasteiger partial charge on any atom is -0.450 e. The lowest BCUT2D eigenvalue weighted by Crippen LogP contribution is -2.37. The predicted molar refractivity (Wildman–Crippen MR) is 76.7 cm³/mol. The van der Waals surface area contributed by atoms with E-state index in [4.69, 9.17) is 39.5 Å². The van der Waals surface area contributed by atoms with Crippen LogP contribution in [0.4, 0.5) is 4.79 Å². The number of alkyl halides is 2. The molecule has 0 aliphatic heterocycles. The number of thioether (sulfide) groups is 1. The molecule has 1 N–H and O–H groups in total. The lowest BCUT2D eigenvalue weighted by Gasteiger charge is -2.18. The summed E-state index contributed by atoms with van der Waals surface area (Å²) >= 11 is 18.7. The Kier molecular flexibility index (Phi) is 7.00. The Morgan fingerprint density at radius 2 is 2.00 bits per heavy atom. The molecular formula is C11H12Cl3NO2S. The third-order valence-corrected chi connectivity index (χ3v) is 4.08. The van der Waals surface area contributed by atoms with Crippen LogP contribution in [0.2, 0.25) is 5.02 Å². The van der Waals surface area contributed by atoms with Crippen LogP contribution in [0.15, 0.2) is 29.2 Å². The highest BCUT2D eigenvalue weighted by atomic mass is 35.5. The first-order valence-corrected chi connectivity index (χ1v) is 7.29. The molecule has 0 spiro atoms. The number of hydrogen-bond donors (Lipinski definition) is 1. The van der Waals surface area contributed by atoms with Crippen LogP contribution in [0.5, 0.6) is 0 Å². The Labute approximate surface area is 125 Å². The molecule has 0 saturated carbocycles. The van der Waals surface area contributed by atoms with Crippen molar-refractivity contribution in [1.82, 2.24) is 5.32 Å². The number of amides is 1. The molecule has 0 bridgehead atoms. The summed E-state index contributed by atoms with van der Waals surface area (Å²) in [4.78, 5) is 11.5. The number of carbonyl (C=O) groups is 1. The zero-order valence-corrected chi connectivity index (χ0v) is 12.6. The second-order valence-corrected chi connectivity index (χ2v) is 6.01. The molecule has 0 aliphatic rings. The van der Waals surface area contributed by atoms with Crippen molar-refractivity contribution in [2.24, 2.45) is 0 Å². The molecule has 1 amide bonds. The number of carbonyl (C=O) groups excluding carboxylic acids is 1. The summed E-state index contributed by atoms with van der Waals surface area (Å²) in [5.41, 5.74) is 0. The second kappa shape index (κ2) is 8.00. The van der Waals surface area contributed by atoms with Gasteiger partial charge in [0.05, 0.1) is 6.61 Å². The van der Waals surface area contributed by atoms with Gasteiger partial charge in [0.1, 0.15) is 10.2 Å². The van der Waals surface area contributed by atoms with E-state index in [1.807, 2.05) is 12.1 Å². The smallest absolute Gasteiger partial charge is 0.408 e. The van der Waals surface area contributed by atoms with E-state index in [-0.39, 0.29) is 0 Å². The van der Waals surface area contributed by atoms with Crippen LogP contribution >= 0.6 is 46.6 Å². The van der Waals surface area contributed by atoms with Crippen LogP contribution < -0.4 is 5.32 Å². The Bertz CT molecular complexity index is 386. The average Bonchev–Trinajstić information content (AvgIpc) is 2.31. The molecule has 0 aliphatic carbocycles. The molecule has 1 atom stereocenters. The summed E-state index contributed by atoms with van der Waals surface area (Å²) in [5, 5.41) is 2.73. The molecule has 0 heterocycles. The molecule has 0 radical (unpaired) electrons. The highest BCUT2D eigenvalue weighted by molar-refractivity contribution is 8.00. The minimum absolute atomic E-state index is 0.291. The zero-order valence-electron chi connectivity index (χ0n) is 9.53. The van der Waals surface area contributed by atoms with Gasteiger partial charge in [-0.2, -0.15) is 0 Å². The third-order valence-electron chi connectivity index (χ3n) is 1.84. The topological polar surface area (TPSA) is 38.3 Å². The molecule has 0 unspecified atom stereocenters. The number of benzene rings is 1. The lowest BCUT2D eigenvalue weighted by atomic mass is 10.4. The maximum absolute atomic E-state index is 11.3. The van der Waals surface area contributed by atoms with E-state index in [1.165, 1.54) is 11.8 Å². The summed E-state index contributed by atoms with van der Waals surface area (Å²) in [5.74, 6) is 0. The van der Waals surface area contributed by atoms with Crippen molar-refractivity contribution in [3.63, 3.8) is 0 Å². The molecule has 7 heteroatoms. The maximum atomic E-state index is 11.3. The first kappa shape index (κ1) is 15.8. The van der Waals surface area contributed by atoms with Crippen molar-refractivity contribution in [3.8, 4) is 0 Å². The van der Waals surface area contributed by atoms with Crippen LogP contribution in [0.3, 0.4) is 0 Å². The van der Waals surface area contributed by atoms with E-state index >= 15 is 0 Å². The fourth-order valence-electron chi connectivity index (χ4n) is 1.09. The van der Waals surface area contributed by atoms with Crippen LogP contribution in [0, 0.1) is 0 Å². The van der Waals surface area contributed by atoms with Crippen LogP contribution in [0.1, 0.15) is 6.92 Å². The van der Waals surface area contributed by atoms with E-state index in [0.29, 0.717) is 11.6 Å². The molecule has 100 valence electrons. The number of nitrogens with one attached hydrogen (secondary N) is 1. The van der Waals surface area contributed by atoms with Gasteiger partial charge in [-0.15, -0.1) is 23.2 Å². The van der Waals surface area contributed by atoms with Gasteiger partial charge in [-0.1, -0.05) is 23.4 Å². The quantitative estimate of drug-likeness (QED) is 0.497. The van der Waals surface area contributed by atoms with E-state index in [9.17, 15) is 4.79 Å². The summed E-state index contributed by atoms with van der Waals surface area (Å²) in [7, 11) is 0. The highest BCUT2D eigenvalue weighted by Gasteiger charge is 2.21. The van der Waals surface area contributed by atoms with E-state index in [2.05, 4.69) is 5.32 Å². The molecule has 3 nitrogen and oxygen atoms in total. The third kappa shape index (κ3) is 5.57. The number of rotatable bonds is 5. The first-order chi connectivity index (χ1) is 8.52. The summed E-state index contributed by atoms with van der Waals surface area (Å²) < 4.78 is 4.78. The van der Waals surface area contributed by atoms with Gasteiger partial charge in [0, 0.05) is 9.92 Å². The Balaban J connectivity index is 2.62. The maximum Gasteiger partial charge on any atom is 0.408 e. The van der Waals surface area contributed by atoms with Crippen molar-refractivity contribution in [3.05, 3.63) is 29.3 Å². The largest absolute Gasteiger partial charge is 0.450 e. The zero-order chi connectivity index (χ0) is 13.5. The van der Waals surface area contributed by atoms with Gasteiger partial charge in [-0.05, 0) is 31.2 Å². The molecule has 0 fully saturated rings. The normalized spacial score (nSPS) is 12.3. The molecular weight excluding hydrogens is 317 g/mol. The van der Waals surface area contributed by atoms with Gasteiger partial charge < -0.3 is 10.1 Å². The van der Waals surface area contributed by atoms with Gasteiger partial charge in [-0.25, -0.2) is 4.79 Å². The van der Waals surface area contributed by atoms with Gasteiger partial charge in [-0.3, -0.25) is 0 Å². The number of alkyl carbamates (subject to hydrolysis) is 1. The second-order valence-electron chi connectivity index (χ2n) is 3.19. The minimum atomic E-state index is -0.755. The summed E-state index contributed by atoms with van der Waals surface area (Å²) in [6.45, 7) is 2.01. The summed E-state index contributed by atoms with van der Waals surface area (Å²) in [6, 6.07) is 7.15. The van der Waals surface area contributed by atoms with Crippen molar-refractivity contribution in [2.75, 3.05) is 6.61 Å². The Morgan fingerprint density at radius 3 is 2.50 bits per heavy atom. The monoisotopic (exact) mass is 327 g/mol. The Hall–Kier alpha value is -0.290. The van der Waals surface area contributed by atoms with Crippen LogP contribution in [-0.2, 0) is 4.74 Å². The fraction of sp³-hybridized carbons (Fsp3) is 0.364. The molecule has 1 aromatic rings. The number of ether oxygens (including phenoxy) is 1. The molecule has 18 heavy (non-hydrogen) atoms. The van der Waals surface area contributed by atoms with E-state index in [1.54, 1.807) is 19.1 Å². The predicted octanol–water partition coefficient (Wildman–Crippen LogP) is 4.31. The van der Waals surface area contributed by atoms with Crippen LogP contribution in [-0.4, -0.2) is 22.9 Å². The fourth-order valence-corrected chi connectivity index (χ4v) is 2.50.